The summed E-state index contributed by atoms with van der Waals surface area (Å²) in [6.45, 7) is 13.0. The smallest absolute Gasteiger partial charge is 0.408 e. The number of alkyl halides is 2. The lowest BCUT2D eigenvalue weighted by Gasteiger charge is -2.33. The van der Waals surface area contributed by atoms with Crippen LogP contribution in [0.3, 0.4) is 0 Å². The minimum Gasteiger partial charge on any atom is -0.494 e. The van der Waals surface area contributed by atoms with E-state index in [0.717, 1.165) is 43.1 Å². The Balaban J connectivity index is 1.29. The number of piperidine rings is 1. The van der Waals surface area contributed by atoms with E-state index in [4.69, 9.17) is 14.0 Å². The highest BCUT2D eigenvalue weighted by molar-refractivity contribution is 5.87. The minimum absolute atomic E-state index is 0.0766. The number of ether oxygens (including phenoxy) is 2. The van der Waals surface area contributed by atoms with Crippen molar-refractivity contribution in [1.29, 1.82) is 0 Å². The normalized spacial score (nSPS) is 18.9. The first-order valence-electron chi connectivity index (χ1n) is 15.2. The first-order chi connectivity index (χ1) is 20.2. The average Bonchev–Trinajstić information content (AvgIpc) is 3.58. The third-order valence-corrected chi connectivity index (χ3v) is 8.01. The zero-order valence-corrected chi connectivity index (χ0v) is 26.1. The maximum absolute atomic E-state index is 13.8. The molecule has 0 bridgehead atoms. The van der Waals surface area contributed by atoms with Crippen molar-refractivity contribution in [1.82, 2.24) is 20.4 Å². The zero-order chi connectivity index (χ0) is 31.4. The summed E-state index contributed by atoms with van der Waals surface area (Å²) in [6.07, 6.45) is 1.76. The molecule has 2 aliphatic heterocycles. The fourth-order valence-electron chi connectivity index (χ4n) is 5.42. The Morgan fingerprint density at radius 2 is 1.79 bits per heavy atom. The molecular weight excluding hydrogens is 560 g/mol. The molecule has 238 valence electrons. The molecule has 2 saturated heterocycles. The second-order valence-corrected chi connectivity index (χ2v) is 13.0. The number of likely N-dealkylation sites (tertiary alicyclic amines) is 1. The second-order valence-electron chi connectivity index (χ2n) is 13.0. The van der Waals surface area contributed by atoms with Gasteiger partial charge in [0, 0.05) is 32.0 Å². The summed E-state index contributed by atoms with van der Waals surface area (Å²) in [5.74, 6) is -0.922. The molecule has 2 atom stereocenters. The van der Waals surface area contributed by atoms with Crippen LogP contribution in [0.5, 0.6) is 5.75 Å². The van der Waals surface area contributed by atoms with Crippen molar-refractivity contribution in [2.75, 3.05) is 37.7 Å². The SMILES string of the molecule is CC(C)c1noc(N2CCC(C(C)CCOc3ccc(C(NC(=O)OC(C)(C)C)C(=O)N4CCC(F)(F)C4)cc3)CC2)n1. The van der Waals surface area contributed by atoms with Gasteiger partial charge < -0.3 is 29.1 Å². The first kappa shape index (κ1) is 32.5. The quantitative estimate of drug-likeness (QED) is 0.354. The van der Waals surface area contributed by atoms with Gasteiger partial charge in [-0.25, -0.2) is 13.6 Å². The van der Waals surface area contributed by atoms with Gasteiger partial charge in [-0.2, -0.15) is 4.98 Å². The van der Waals surface area contributed by atoms with Gasteiger partial charge in [0.1, 0.15) is 17.4 Å². The van der Waals surface area contributed by atoms with Gasteiger partial charge in [-0.05, 0) is 69.6 Å². The molecule has 2 amide bonds. The molecule has 43 heavy (non-hydrogen) atoms. The average molecular weight is 606 g/mol. The van der Waals surface area contributed by atoms with E-state index in [-0.39, 0.29) is 12.5 Å². The highest BCUT2D eigenvalue weighted by Gasteiger charge is 2.42. The maximum Gasteiger partial charge on any atom is 0.408 e. The number of carbonyl (C=O) groups is 2. The molecule has 0 saturated carbocycles. The fraction of sp³-hybridized carbons (Fsp3) is 0.677. The van der Waals surface area contributed by atoms with Crippen LogP contribution in [0.1, 0.15) is 90.6 Å². The maximum atomic E-state index is 13.8. The summed E-state index contributed by atoms with van der Waals surface area (Å²) < 4.78 is 44.4. The van der Waals surface area contributed by atoms with E-state index in [0.29, 0.717) is 35.8 Å². The molecule has 3 heterocycles. The molecule has 1 aromatic heterocycles. The molecule has 4 rings (SSSR count). The highest BCUT2D eigenvalue weighted by atomic mass is 19.3. The number of carbonyl (C=O) groups excluding carboxylic acids is 2. The molecular formula is C31H45F2N5O5. The van der Waals surface area contributed by atoms with E-state index in [1.807, 2.05) is 13.8 Å². The second kappa shape index (κ2) is 13.5. The Morgan fingerprint density at radius 1 is 1.12 bits per heavy atom. The number of alkyl carbamates (subject to hydrolysis) is 1. The fourth-order valence-corrected chi connectivity index (χ4v) is 5.42. The number of rotatable bonds is 10. The van der Waals surface area contributed by atoms with Gasteiger partial charge in [-0.1, -0.05) is 38.1 Å². The number of anilines is 1. The Labute approximate surface area is 252 Å². The molecule has 2 aromatic rings. The number of hydrogen-bond donors (Lipinski definition) is 1. The van der Waals surface area contributed by atoms with E-state index < -0.39 is 42.5 Å². The number of halogens is 2. The van der Waals surface area contributed by atoms with Gasteiger partial charge in [0.15, 0.2) is 5.82 Å². The standard InChI is InChI=1S/C31H45F2N5O5/c1-20(2)26-35-28(43-36-26)37-15-11-22(12-16-37)21(3)13-18-41-24-9-7-23(8-10-24)25(34-29(40)42-30(4,5)6)27(39)38-17-14-31(32,33)19-38/h7-10,20-22,25H,11-19H2,1-6H3,(H,34,40). The van der Waals surface area contributed by atoms with Crippen LogP contribution in [-0.4, -0.2) is 71.4 Å². The van der Waals surface area contributed by atoms with Crippen molar-refractivity contribution in [3.05, 3.63) is 35.7 Å². The molecule has 1 aromatic carbocycles. The third-order valence-electron chi connectivity index (χ3n) is 8.01. The lowest BCUT2D eigenvalue weighted by Crippen LogP contribution is -2.44. The number of nitrogens with one attached hydrogen (secondary N) is 1. The third kappa shape index (κ3) is 9.03. The van der Waals surface area contributed by atoms with Crippen LogP contribution in [0.4, 0.5) is 19.6 Å². The van der Waals surface area contributed by atoms with Crippen molar-refractivity contribution in [2.45, 2.75) is 90.7 Å². The zero-order valence-electron chi connectivity index (χ0n) is 26.1. The summed E-state index contributed by atoms with van der Waals surface area (Å²) in [4.78, 5) is 33.5. The number of aromatic nitrogens is 2. The molecule has 0 spiro atoms. The lowest BCUT2D eigenvalue weighted by molar-refractivity contribution is -0.134. The van der Waals surface area contributed by atoms with Gasteiger partial charge in [0.2, 0.25) is 5.91 Å². The van der Waals surface area contributed by atoms with Crippen molar-refractivity contribution in [2.24, 2.45) is 11.8 Å². The number of hydrogen-bond acceptors (Lipinski definition) is 8. The van der Waals surface area contributed by atoms with Gasteiger partial charge >= 0.3 is 12.1 Å². The number of benzene rings is 1. The van der Waals surface area contributed by atoms with Crippen molar-refractivity contribution < 1.29 is 32.4 Å². The van der Waals surface area contributed by atoms with Crippen LogP contribution < -0.4 is 15.0 Å². The molecule has 2 fully saturated rings. The summed E-state index contributed by atoms with van der Waals surface area (Å²) >= 11 is 0. The van der Waals surface area contributed by atoms with Crippen LogP contribution in [0.15, 0.2) is 28.8 Å². The molecule has 0 aliphatic carbocycles. The predicted octanol–water partition coefficient (Wildman–Crippen LogP) is 5.95. The monoisotopic (exact) mass is 605 g/mol. The van der Waals surface area contributed by atoms with Gasteiger partial charge in [-0.3, -0.25) is 4.79 Å². The molecule has 1 N–H and O–H groups in total. The Kier molecular flexibility index (Phi) is 10.2. The van der Waals surface area contributed by atoms with E-state index >= 15 is 0 Å². The summed E-state index contributed by atoms with van der Waals surface area (Å²) in [6, 6.07) is 6.24. The predicted molar refractivity (Wildman–Crippen MR) is 157 cm³/mol. The number of amides is 2. The largest absolute Gasteiger partial charge is 0.494 e. The van der Waals surface area contributed by atoms with Crippen LogP contribution in [0.2, 0.25) is 0 Å². The van der Waals surface area contributed by atoms with Gasteiger partial charge in [-0.15, -0.1) is 0 Å². The van der Waals surface area contributed by atoms with Crippen LogP contribution in [0.25, 0.3) is 0 Å². The lowest BCUT2D eigenvalue weighted by atomic mass is 9.84. The van der Waals surface area contributed by atoms with Crippen LogP contribution >= 0.6 is 0 Å². The molecule has 2 aliphatic rings. The summed E-state index contributed by atoms with van der Waals surface area (Å²) in [5.41, 5.74) is -0.323. The van der Waals surface area contributed by atoms with Crippen molar-refractivity contribution in [3.63, 3.8) is 0 Å². The van der Waals surface area contributed by atoms with E-state index in [9.17, 15) is 18.4 Å². The topological polar surface area (TPSA) is 110 Å². The van der Waals surface area contributed by atoms with Gasteiger partial charge in [0.25, 0.3) is 5.92 Å². The number of nitrogens with zero attached hydrogens (tertiary/aromatic N) is 4. The van der Waals surface area contributed by atoms with Crippen molar-refractivity contribution in [3.8, 4) is 5.75 Å². The van der Waals surface area contributed by atoms with Crippen LogP contribution in [-0.2, 0) is 9.53 Å². The summed E-state index contributed by atoms with van der Waals surface area (Å²) in [5, 5.41) is 6.64. The molecule has 12 heteroatoms. The minimum atomic E-state index is -2.94. The first-order valence-corrected chi connectivity index (χ1v) is 15.2. The van der Waals surface area contributed by atoms with E-state index in [1.54, 1.807) is 45.0 Å². The molecule has 2 unspecified atom stereocenters. The van der Waals surface area contributed by atoms with Crippen molar-refractivity contribution >= 4 is 18.0 Å². The Morgan fingerprint density at radius 3 is 2.35 bits per heavy atom. The highest BCUT2D eigenvalue weighted by Crippen LogP contribution is 2.31. The molecule has 10 nitrogen and oxygen atoms in total. The van der Waals surface area contributed by atoms with E-state index in [1.165, 1.54) is 0 Å². The van der Waals surface area contributed by atoms with Crippen LogP contribution in [0, 0.1) is 11.8 Å². The van der Waals surface area contributed by atoms with E-state index in [2.05, 4.69) is 27.3 Å². The molecule has 0 radical (unpaired) electrons. The Hall–Kier alpha value is -3.44. The Bertz CT molecular complexity index is 1220. The van der Waals surface area contributed by atoms with Gasteiger partial charge in [0.05, 0.1) is 13.2 Å². The summed E-state index contributed by atoms with van der Waals surface area (Å²) in [7, 11) is 0.